The van der Waals surface area contributed by atoms with Crippen molar-refractivity contribution in [1.29, 1.82) is 0 Å². The minimum absolute atomic E-state index is 0.317. The molecule has 0 bridgehead atoms. The summed E-state index contributed by atoms with van der Waals surface area (Å²) < 4.78 is 2.95. The summed E-state index contributed by atoms with van der Waals surface area (Å²) in [5.74, 6) is 0.910. The Morgan fingerprint density at radius 1 is 1.14 bits per heavy atom. The van der Waals surface area contributed by atoms with Crippen molar-refractivity contribution in [3.05, 3.63) is 77.0 Å². The van der Waals surface area contributed by atoms with Crippen molar-refractivity contribution < 1.29 is 9.63 Å². The number of halogens is 1. The van der Waals surface area contributed by atoms with Crippen LogP contribution >= 0.6 is 15.9 Å². The molecule has 4 rings (SSSR count). The Kier molecular flexibility index (Phi) is 5.18. The Balaban J connectivity index is 1.55. The van der Waals surface area contributed by atoms with Crippen LogP contribution in [-0.4, -0.2) is 32.6 Å². The number of amides is 1. The first-order valence-electron chi connectivity index (χ1n) is 8.87. The van der Waals surface area contributed by atoms with Gasteiger partial charge in [-0.25, -0.2) is 4.98 Å². The van der Waals surface area contributed by atoms with Gasteiger partial charge in [0.15, 0.2) is 5.75 Å². The smallest absolute Gasteiger partial charge is 0.304 e. The molecule has 0 unspecified atom stereocenters. The molecule has 2 heterocycles. The molecule has 0 atom stereocenters. The number of carbonyl (C=O) groups excluding carboxylic acids is 1. The maximum atomic E-state index is 12.4. The molecule has 0 saturated carbocycles. The van der Waals surface area contributed by atoms with E-state index in [4.69, 9.17) is 4.84 Å². The van der Waals surface area contributed by atoms with Crippen LogP contribution in [0.4, 0.5) is 11.6 Å². The number of nitrogens with one attached hydrogen (secondary N) is 1. The van der Waals surface area contributed by atoms with Crippen LogP contribution in [0, 0.1) is 0 Å². The highest BCUT2D eigenvalue weighted by Crippen LogP contribution is 2.26. The Labute approximate surface area is 176 Å². The number of pyridine rings is 1. The lowest BCUT2D eigenvalue weighted by Crippen LogP contribution is -2.30. The minimum atomic E-state index is -0.326. The molecule has 0 fully saturated rings. The maximum Gasteiger partial charge on any atom is 0.304 e. The van der Waals surface area contributed by atoms with E-state index in [1.54, 1.807) is 37.5 Å². The molecular weight excluding hydrogens is 434 g/mol. The summed E-state index contributed by atoms with van der Waals surface area (Å²) in [6.45, 7) is 0. The molecule has 146 valence electrons. The second kappa shape index (κ2) is 7.92. The molecule has 1 amide bonds. The van der Waals surface area contributed by atoms with Crippen molar-refractivity contribution in [3.63, 3.8) is 0 Å². The number of rotatable bonds is 5. The van der Waals surface area contributed by atoms with E-state index in [0.717, 1.165) is 21.2 Å². The third-order valence-electron chi connectivity index (χ3n) is 4.37. The zero-order valence-corrected chi connectivity index (χ0v) is 17.4. The minimum Gasteiger partial charge on any atom is -0.377 e. The van der Waals surface area contributed by atoms with Gasteiger partial charge in [0.2, 0.25) is 5.95 Å². The van der Waals surface area contributed by atoms with Crippen molar-refractivity contribution in [3.8, 4) is 5.75 Å². The number of hydrogen-bond acceptors (Lipinski definition) is 5. The molecule has 0 aliphatic rings. The van der Waals surface area contributed by atoms with Gasteiger partial charge in [0, 0.05) is 36.5 Å². The Morgan fingerprint density at radius 2 is 1.93 bits per heavy atom. The summed E-state index contributed by atoms with van der Waals surface area (Å²) in [5, 5.41) is 4.47. The Morgan fingerprint density at radius 3 is 2.66 bits per heavy atom. The number of aryl methyl sites for hydroxylation is 1. The Hall–Kier alpha value is -3.39. The first-order chi connectivity index (χ1) is 14.0. The van der Waals surface area contributed by atoms with Crippen LogP contribution in [0.2, 0.25) is 0 Å². The van der Waals surface area contributed by atoms with E-state index in [2.05, 4.69) is 31.2 Å². The molecule has 0 radical (unpaired) electrons. The van der Waals surface area contributed by atoms with Crippen LogP contribution < -0.4 is 10.2 Å². The SMILES string of the molecule is CN(Oc1ccc2nc(Nc3ccc(Br)cc3)n(C)c2c1)C(=O)c1ccccn1. The van der Waals surface area contributed by atoms with Gasteiger partial charge in [-0.1, -0.05) is 22.0 Å². The number of hydroxylamine groups is 2. The second-order valence-corrected chi connectivity index (χ2v) is 7.30. The molecule has 7 nitrogen and oxygen atoms in total. The van der Waals surface area contributed by atoms with E-state index in [-0.39, 0.29) is 5.91 Å². The lowest BCUT2D eigenvalue weighted by Gasteiger charge is -2.17. The molecule has 0 saturated heterocycles. The summed E-state index contributed by atoms with van der Waals surface area (Å²) >= 11 is 3.43. The number of imidazole rings is 1. The van der Waals surface area contributed by atoms with Crippen molar-refractivity contribution in [2.75, 3.05) is 12.4 Å². The van der Waals surface area contributed by atoms with Gasteiger partial charge >= 0.3 is 5.91 Å². The van der Waals surface area contributed by atoms with Gasteiger partial charge in [-0.2, -0.15) is 5.06 Å². The molecule has 1 N–H and O–H groups in total. The van der Waals surface area contributed by atoms with Gasteiger partial charge < -0.3 is 14.7 Å². The van der Waals surface area contributed by atoms with Crippen molar-refractivity contribution in [2.45, 2.75) is 0 Å². The van der Waals surface area contributed by atoms with Crippen molar-refractivity contribution >= 4 is 44.5 Å². The third-order valence-corrected chi connectivity index (χ3v) is 4.89. The molecule has 0 spiro atoms. The highest BCUT2D eigenvalue weighted by molar-refractivity contribution is 9.10. The molecular formula is C21H18BrN5O2. The monoisotopic (exact) mass is 451 g/mol. The maximum absolute atomic E-state index is 12.4. The predicted octanol–water partition coefficient (Wildman–Crippen LogP) is 4.54. The molecule has 2 aromatic heterocycles. The lowest BCUT2D eigenvalue weighted by molar-refractivity contribution is -0.0142. The quantitative estimate of drug-likeness (QED) is 0.451. The summed E-state index contributed by atoms with van der Waals surface area (Å²) in [7, 11) is 3.48. The molecule has 0 aliphatic carbocycles. The van der Waals surface area contributed by atoms with E-state index >= 15 is 0 Å². The lowest BCUT2D eigenvalue weighted by atomic mass is 10.3. The standard InChI is InChI=1S/C21H18BrN5O2/c1-26-19-13-16(29-27(2)20(28)18-5-3-4-12-23-18)10-11-17(19)25-21(26)24-15-8-6-14(22)7-9-15/h3-13H,1-2H3,(H,24,25). The number of carbonyl (C=O) groups is 1. The van der Waals surface area contributed by atoms with Crippen LogP contribution in [0.1, 0.15) is 10.5 Å². The van der Waals surface area contributed by atoms with Crippen molar-refractivity contribution in [1.82, 2.24) is 19.6 Å². The van der Waals surface area contributed by atoms with E-state index in [1.807, 2.05) is 48.0 Å². The highest BCUT2D eigenvalue weighted by atomic mass is 79.9. The van der Waals surface area contributed by atoms with E-state index < -0.39 is 0 Å². The first-order valence-corrected chi connectivity index (χ1v) is 9.67. The molecule has 2 aromatic carbocycles. The van der Waals surface area contributed by atoms with E-state index in [1.165, 1.54) is 5.06 Å². The third kappa shape index (κ3) is 4.07. The van der Waals surface area contributed by atoms with Gasteiger partial charge in [0.25, 0.3) is 0 Å². The summed E-state index contributed by atoms with van der Waals surface area (Å²) in [6.07, 6.45) is 1.57. The van der Waals surface area contributed by atoms with Gasteiger partial charge in [0.1, 0.15) is 5.69 Å². The molecule has 0 aliphatic heterocycles. The number of nitrogens with zero attached hydrogens (tertiary/aromatic N) is 4. The fourth-order valence-corrected chi connectivity index (χ4v) is 3.12. The van der Waals surface area contributed by atoms with Gasteiger partial charge in [0.05, 0.1) is 11.0 Å². The summed E-state index contributed by atoms with van der Waals surface area (Å²) in [6, 6.07) is 18.5. The van der Waals surface area contributed by atoms with Gasteiger partial charge in [-0.15, -0.1) is 0 Å². The van der Waals surface area contributed by atoms with E-state index in [0.29, 0.717) is 17.4 Å². The van der Waals surface area contributed by atoms with Crippen LogP contribution in [-0.2, 0) is 7.05 Å². The zero-order chi connectivity index (χ0) is 20.4. The molecule has 8 heteroatoms. The van der Waals surface area contributed by atoms with E-state index in [9.17, 15) is 4.79 Å². The average molecular weight is 452 g/mol. The molecule has 29 heavy (non-hydrogen) atoms. The fraction of sp³-hybridized carbons (Fsp3) is 0.0952. The second-order valence-electron chi connectivity index (χ2n) is 6.39. The van der Waals surface area contributed by atoms with Gasteiger partial charge in [-0.05, 0) is 48.5 Å². The van der Waals surface area contributed by atoms with Gasteiger partial charge in [-0.3, -0.25) is 9.78 Å². The number of benzene rings is 2. The number of anilines is 2. The zero-order valence-electron chi connectivity index (χ0n) is 15.8. The highest BCUT2D eigenvalue weighted by Gasteiger charge is 2.16. The van der Waals surface area contributed by atoms with Crippen LogP contribution in [0.3, 0.4) is 0 Å². The van der Waals surface area contributed by atoms with Crippen LogP contribution in [0.5, 0.6) is 5.75 Å². The molecule has 4 aromatic rings. The first kappa shape index (κ1) is 18.9. The predicted molar refractivity (Wildman–Crippen MR) is 115 cm³/mol. The summed E-state index contributed by atoms with van der Waals surface area (Å²) in [4.78, 5) is 26.8. The largest absolute Gasteiger partial charge is 0.377 e. The topological polar surface area (TPSA) is 72.3 Å². The van der Waals surface area contributed by atoms with Crippen molar-refractivity contribution in [2.24, 2.45) is 7.05 Å². The summed E-state index contributed by atoms with van der Waals surface area (Å²) in [5.41, 5.74) is 2.94. The fourth-order valence-electron chi connectivity index (χ4n) is 2.85. The Bertz CT molecular complexity index is 1160. The normalized spacial score (nSPS) is 10.7. The average Bonchev–Trinajstić information content (AvgIpc) is 3.05. The number of hydrogen-bond donors (Lipinski definition) is 1. The number of fused-ring (bicyclic) bond motifs is 1. The number of aromatic nitrogens is 3. The van der Waals surface area contributed by atoms with Crippen LogP contribution in [0.25, 0.3) is 11.0 Å². The van der Waals surface area contributed by atoms with Crippen LogP contribution in [0.15, 0.2) is 71.3 Å².